The number of pyridine rings is 1. The summed E-state index contributed by atoms with van der Waals surface area (Å²) in [5.41, 5.74) is 18.3. The topological polar surface area (TPSA) is 33.5 Å². The summed E-state index contributed by atoms with van der Waals surface area (Å²) >= 11 is 0. The van der Waals surface area contributed by atoms with Gasteiger partial charge in [0, 0.05) is 78.0 Å². The number of para-hydroxylation sites is 4. The molecule has 12 rings (SSSR count). The number of aryl methyl sites for hydroxylation is 1. The van der Waals surface area contributed by atoms with E-state index in [1.165, 1.54) is 5.56 Å². The number of rotatable bonds is 9. The van der Waals surface area contributed by atoms with Crippen molar-refractivity contribution in [3.05, 3.63) is 248 Å². The van der Waals surface area contributed by atoms with Crippen LogP contribution in [0.25, 0.3) is 72.1 Å². The van der Waals surface area contributed by atoms with Crippen molar-refractivity contribution >= 4 is 44.6 Å². The number of ether oxygens (including phenoxy) is 1. The maximum atomic E-state index is 7.20. The first-order valence-corrected chi connectivity index (χ1v) is 25.5. The second kappa shape index (κ2) is 19.7. The van der Waals surface area contributed by atoms with Crippen LogP contribution < -0.4 is 14.5 Å². The van der Waals surface area contributed by atoms with Crippen LogP contribution in [0.5, 0.6) is 11.5 Å². The fourth-order valence-electron chi connectivity index (χ4n) is 10.5. The predicted molar refractivity (Wildman–Crippen MR) is 308 cm³/mol. The van der Waals surface area contributed by atoms with E-state index in [0.717, 1.165) is 106 Å². The van der Waals surface area contributed by atoms with E-state index in [4.69, 9.17) is 9.72 Å². The molecule has 0 spiro atoms. The summed E-state index contributed by atoms with van der Waals surface area (Å²) < 4.78 is 9.45. The van der Waals surface area contributed by atoms with Gasteiger partial charge < -0.3 is 19.1 Å². The van der Waals surface area contributed by atoms with Gasteiger partial charge >= 0.3 is 0 Å². The summed E-state index contributed by atoms with van der Waals surface area (Å²) in [6, 6.07) is 81.1. The second-order valence-corrected chi connectivity index (χ2v) is 21.4. The van der Waals surface area contributed by atoms with Crippen molar-refractivity contribution < 1.29 is 25.8 Å². The van der Waals surface area contributed by atoms with Crippen LogP contribution in [-0.4, -0.2) is 9.55 Å². The Morgan fingerprint density at radius 1 is 0.480 bits per heavy atom. The van der Waals surface area contributed by atoms with E-state index < -0.39 is 0 Å². The van der Waals surface area contributed by atoms with E-state index in [9.17, 15) is 0 Å². The van der Waals surface area contributed by atoms with Gasteiger partial charge in [-0.05, 0) is 80.8 Å². The summed E-state index contributed by atoms with van der Waals surface area (Å²) in [5.74, 6) is 2.00. The SMILES string of the molecule is Cc1cc(-n2c3[c-]c(Oc4[c-]c(N5[CH-]N(c6c(-c7ccccc7)cccc6-c6ccccc6)c6ccccc65)cc(C(C)(C)C)c4)cc(-c4ccc(C(C)(C)C)cc4)c3c3ccccc32)ncc1-c1ccccc1.[Pt]. The molecule has 0 radical (unpaired) electrons. The summed E-state index contributed by atoms with van der Waals surface area (Å²) in [5, 5.41) is 2.21. The molecule has 0 aliphatic carbocycles. The second-order valence-electron chi connectivity index (χ2n) is 21.4. The van der Waals surface area contributed by atoms with Gasteiger partial charge in [-0.25, -0.2) is 4.98 Å². The Morgan fingerprint density at radius 3 is 1.61 bits per heavy atom. The molecule has 372 valence electrons. The average molecular weight is 1150 g/mol. The molecule has 0 N–H and O–H groups in total. The number of hydrogen-bond donors (Lipinski definition) is 0. The van der Waals surface area contributed by atoms with Crippen molar-refractivity contribution in [1.82, 2.24) is 9.55 Å². The van der Waals surface area contributed by atoms with E-state index in [0.29, 0.717) is 11.5 Å². The van der Waals surface area contributed by atoms with Crippen molar-refractivity contribution in [3.63, 3.8) is 0 Å². The van der Waals surface area contributed by atoms with Crippen LogP contribution in [0.4, 0.5) is 22.7 Å². The molecule has 0 saturated heterocycles. The Morgan fingerprint density at radius 2 is 1.01 bits per heavy atom. The van der Waals surface area contributed by atoms with E-state index in [1.54, 1.807) is 0 Å². The number of nitrogens with zero attached hydrogens (tertiary/aromatic N) is 4. The van der Waals surface area contributed by atoms with Gasteiger partial charge in [0.05, 0.1) is 0 Å². The van der Waals surface area contributed by atoms with Gasteiger partial charge in [0.15, 0.2) is 0 Å². The van der Waals surface area contributed by atoms with Gasteiger partial charge in [-0.15, -0.1) is 53.8 Å². The Kier molecular flexibility index (Phi) is 12.9. The van der Waals surface area contributed by atoms with Crippen LogP contribution in [0.2, 0.25) is 0 Å². The Labute approximate surface area is 456 Å². The number of fused-ring (bicyclic) bond motifs is 4. The first kappa shape index (κ1) is 49.2. The van der Waals surface area contributed by atoms with Crippen LogP contribution in [0.1, 0.15) is 58.2 Å². The van der Waals surface area contributed by atoms with Gasteiger partial charge in [0.2, 0.25) is 0 Å². The standard InChI is InChI=1S/C69H57N4O.Pt/c1-46-38-65(70-44-60(46)49-26-15-10-16-27-49)73-61-31-18-17-28-58(61)66-59(50-34-36-51(37-35-50)68(2,3)4)42-55(43-64(66)73)74-54-40-52(69(5,6)7)39-53(41-54)71-45-72(63-33-20-19-32-62(63)71)67-56(47-22-11-8-12-23-47)29-21-30-57(67)48-24-13-9-14-25-48;/h8-40,42,44-45H,1-7H3;/q-3;. The smallest absolute Gasteiger partial charge is 0.135 e. The largest absolute Gasteiger partial charge is 0.509 e. The third-order valence-corrected chi connectivity index (χ3v) is 14.4. The minimum absolute atomic E-state index is 0. The number of aromatic nitrogens is 2. The zero-order valence-corrected chi connectivity index (χ0v) is 45.6. The fraction of sp³-hybridized carbons (Fsp3) is 0.130. The fourth-order valence-corrected chi connectivity index (χ4v) is 10.5. The molecule has 0 bridgehead atoms. The molecule has 3 heterocycles. The predicted octanol–water partition coefficient (Wildman–Crippen LogP) is 18.5. The van der Waals surface area contributed by atoms with Crippen LogP contribution in [0.3, 0.4) is 0 Å². The van der Waals surface area contributed by atoms with Gasteiger partial charge in [-0.3, -0.25) is 0 Å². The summed E-state index contributed by atoms with van der Waals surface area (Å²) in [6.07, 6.45) is 2.00. The molecule has 1 aliphatic heterocycles. The quantitative estimate of drug-likeness (QED) is 0.135. The minimum atomic E-state index is -0.225. The number of anilines is 4. The molecule has 11 aromatic rings. The summed E-state index contributed by atoms with van der Waals surface area (Å²) in [6.45, 7) is 17.9. The minimum Gasteiger partial charge on any atom is -0.509 e. The van der Waals surface area contributed by atoms with E-state index in [2.05, 4.69) is 282 Å². The van der Waals surface area contributed by atoms with E-state index in [1.807, 2.05) is 12.3 Å². The van der Waals surface area contributed by atoms with E-state index in [-0.39, 0.29) is 31.9 Å². The molecule has 2 aromatic heterocycles. The third-order valence-electron chi connectivity index (χ3n) is 14.4. The average Bonchev–Trinajstić information content (AvgIpc) is 3.97. The van der Waals surface area contributed by atoms with Crippen LogP contribution in [0, 0.1) is 25.7 Å². The Bertz CT molecular complexity index is 3810. The van der Waals surface area contributed by atoms with Crippen LogP contribution in [-0.2, 0) is 31.9 Å². The van der Waals surface area contributed by atoms with Gasteiger partial charge in [0.25, 0.3) is 0 Å². The van der Waals surface area contributed by atoms with Gasteiger partial charge in [0.1, 0.15) is 5.82 Å². The van der Waals surface area contributed by atoms with E-state index >= 15 is 0 Å². The first-order valence-electron chi connectivity index (χ1n) is 25.5. The molecule has 1 aliphatic rings. The molecule has 0 fully saturated rings. The van der Waals surface area contributed by atoms with Crippen molar-refractivity contribution in [1.29, 1.82) is 0 Å². The number of hydrogen-bond acceptors (Lipinski definition) is 4. The molecule has 0 unspecified atom stereocenters. The van der Waals surface area contributed by atoms with Crippen LogP contribution >= 0.6 is 0 Å². The molecular formula is C69H57N4OPt-3. The van der Waals surface area contributed by atoms with Crippen molar-refractivity contribution in [2.75, 3.05) is 9.80 Å². The maximum absolute atomic E-state index is 7.20. The molecule has 75 heavy (non-hydrogen) atoms. The van der Waals surface area contributed by atoms with Crippen molar-refractivity contribution in [3.8, 4) is 61.8 Å². The maximum Gasteiger partial charge on any atom is 0.135 e. The zero-order valence-electron chi connectivity index (χ0n) is 43.3. The van der Waals surface area contributed by atoms with Crippen LogP contribution in [0.15, 0.2) is 212 Å². The van der Waals surface area contributed by atoms with Crippen molar-refractivity contribution in [2.24, 2.45) is 0 Å². The Hall–Kier alpha value is -7.98. The summed E-state index contributed by atoms with van der Waals surface area (Å²) in [4.78, 5) is 9.79. The molecule has 5 nitrogen and oxygen atoms in total. The first-order chi connectivity index (χ1) is 35.9. The zero-order chi connectivity index (χ0) is 50.7. The molecule has 0 atom stereocenters. The third kappa shape index (κ3) is 9.25. The molecular weight excluding hydrogens is 1100 g/mol. The monoisotopic (exact) mass is 1150 g/mol. The number of benzene rings is 9. The summed E-state index contributed by atoms with van der Waals surface area (Å²) in [7, 11) is 0. The molecule has 9 aromatic carbocycles. The Balaban J connectivity index is 0.00000602. The normalized spacial score (nSPS) is 12.5. The molecule has 0 saturated carbocycles. The van der Waals surface area contributed by atoms with Crippen molar-refractivity contribution in [2.45, 2.75) is 59.3 Å². The van der Waals surface area contributed by atoms with Gasteiger partial charge in [-0.1, -0.05) is 216 Å². The van der Waals surface area contributed by atoms with Gasteiger partial charge in [-0.2, -0.15) is 0 Å². The molecule has 0 amide bonds. The molecule has 6 heteroatoms.